The lowest BCUT2D eigenvalue weighted by Crippen LogP contribution is -2.28. The lowest BCUT2D eigenvalue weighted by Gasteiger charge is -2.34. The van der Waals surface area contributed by atoms with E-state index in [1.807, 2.05) is 23.5 Å². The van der Waals surface area contributed by atoms with Crippen LogP contribution in [0.2, 0.25) is 0 Å². The molecular weight excluding hydrogens is 867 g/mol. The molecule has 3 heteroatoms. The maximum atomic E-state index is 6.33. The van der Waals surface area contributed by atoms with E-state index >= 15 is 0 Å². The summed E-state index contributed by atoms with van der Waals surface area (Å²) in [5, 5.41) is 4.91. The Morgan fingerprint density at radius 2 is 0.829 bits per heavy atom. The van der Waals surface area contributed by atoms with Crippen LogP contribution in [-0.2, 0) is 5.41 Å². The molecule has 0 fully saturated rings. The van der Waals surface area contributed by atoms with Crippen LogP contribution in [0, 0.1) is 0 Å². The first-order valence-electron chi connectivity index (χ1n) is 24.0. The van der Waals surface area contributed by atoms with Crippen LogP contribution in [0.3, 0.4) is 0 Å². The molecule has 0 unspecified atom stereocenters. The van der Waals surface area contributed by atoms with E-state index in [0.29, 0.717) is 0 Å². The van der Waals surface area contributed by atoms with E-state index in [1.54, 1.807) is 0 Å². The number of anilines is 3. The fraction of sp³-hybridized carbons (Fsp3) is 0.0149. The minimum absolute atomic E-state index is 0.519. The molecule has 328 valence electrons. The van der Waals surface area contributed by atoms with Crippen LogP contribution in [0.15, 0.2) is 265 Å². The van der Waals surface area contributed by atoms with Crippen molar-refractivity contribution in [2.24, 2.45) is 0 Å². The SMILES string of the molecule is c1ccc(C2(c3ccccc3)c3ccccc3-c3c(N(c4ccc(-c5ccc(-c6ccc7sc8ccccc8c7c6)cc5)cc4)c4ccc(-c5ccc6c(c5)oc5ccccc56)cc4)cccc32)cc1. The van der Waals surface area contributed by atoms with E-state index < -0.39 is 5.41 Å². The Kier molecular flexibility index (Phi) is 9.33. The van der Waals surface area contributed by atoms with Crippen molar-refractivity contribution < 1.29 is 4.42 Å². The zero-order valence-electron chi connectivity index (χ0n) is 38.1. The molecule has 0 amide bonds. The van der Waals surface area contributed by atoms with Crippen molar-refractivity contribution in [1.29, 1.82) is 0 Å². The maximum Gasteiger partial charge on any atom is 0.136 e. The van der Waals surface area contributed by atoms with Gasteiger partial charge in [-0.2, -0.15) is 0 Å². The molecular formula is C67H43NOS. The smallest absolute Gasteiger partial charge is 0.136 e. The third-order valence-corrected chi connectivity index (χ3v) is 15.7. The Morgan fingerprint density at radius 1 is 0.329 bits per heavy atom. The van der Waals surface area contributed by atoms with E-state index in [1.165, 1.54) is 75.8 Å². The van der Waals surface area contributed by atoms with Crippen LogP contribution in [0.5, 0.6) is 0 Å². The molecule has 0 saturated heterocycles. The molecule has 0 atom stereocenters. The lowest BCUT2D eigenvalue weighted by atomic mass is 9.68. The molecule has 1 aliphatic rings. The van der Waals surface area contributed by atoms with Crippen molar-refractivity contribution in [2.75, 3.05) is 4.90 Å². The first kappa shape index (κ1) is 40.3. The minimum Gasteiger partial charge on any atom is -0.456 e. The Labute approximate surface area is 410 Å². The Hall–Kier alpha value is -8.76. The van der Waals surface area contributed by atoms with Gasteiger partial charge in [0.15, 0.2) is 0 Å². The summed E-state index contributed by atoms with van der Waals surface area (Å²) >= 11 is 1.86. The molecule has 0 aliphatic heterocycles. The van der Waals surface area contributed by atoms with Gasteiger partial charge in [0.1, 0.15) is 11.2 Å². The van der Waals surface area contributed by atoms with E-state index in [4.69, 9.17) is 4.42 Å². The molecule has 11 aromatic carbocycles. The maximum absolute atomic E-state index is 6.33. The van der Waals surface area contributed by atoms with Gasteiger partial charge in [-0.25, -0.2) is 0 Å². The fourth-order valence-corrected chi connectivity index (χ4v) is 12.4. The molecule has 2 nitrogen and oxygen atoms in total. The number of fused-ring (bicyclic) bond motifs is 9. The summed E-state index contributed by atoms with van der Waals surface area (Å²) in [4.78, 5) is 2.45. The molecule has 1 aliphatic carbocycles. The molecule has 14 rings (SSSR count). The highest BCUT2D eigenvalue weighted by Crippen LogP contribution is 2.59. The predicted molar refractivity (Wildman–Crippen MR) is 295 cm³/mol. The Morgan fingerprint density at radius 3 is 1.53 bits per heavy atom. The summed E-state index contributed by atoms with van der Waals surface area (Å²) in [5.74, 6) is 0. The third-order valence-electron chi connectivity index (χ3n) is 14.6. The van der Waals surface area contributed by atoms with Gasteiger partial charge in [0.2, 0.25) is 0 Å². The van der Waals surface area contributed by atoms with Gasteiger partial charge in [-0.15, -0.1) is 11.3 Å². The number of benzene rings is 11. The lowest BCUT2D eigenvalue weighted by molar-refractivity contribution is 0.669. The van der Waals surface area contributed by atoms with Gasteiger partial charge in [0, 0.05) is 47.9 Å². The Balaban J connectivity index is 0.892. The second-order valence-corrected chi connectivity index (χ2v) is 19.4. The summed E-state index contributed by atoms with van der Waals surface area (Å²) in [5.41, 5.74) is 19.1. The van der Waals surface area contributed by atoms with E-state index in [0.717, 1.165) is 50.1 Å². The Bertz CT molecular complexity index is 4050. The van der Waals surface area contributed by atoms with Gasteiger partial charge in [0.05, 0.1) is 11.1 Å². The number of para-hydroxylation sites is 1. The molecule has 0 saturated carbocycles. The molecule has 70 heavy (non-hydrogen) atoms. The zero-order valence-corrected chi connectivity index (χ0v) is 38.9. The van der Waals surface area contributed by atoms with Crippen molar-refractivity contribution >= 4 is 70.5 Å². The quantitative estimate of drug-likeness (QED) is 0.151. The number of furan rings is 1. The molecule has 0 radical (unpaired) electrons. The van der Waals surface area contributed by atoms with Gasteiger partial charge in [0.25, 0.3) is 0 Å². The highest BCUT2D eigenvalue weighted by molar-refractivity contribution is 7.25. The first-order valence-corrected chi connectivity index (χ1v) is 24.8. The van der Waals surface area contributed by atoms with Crippen molar-refractivity contribution in [2.45, 2.75) is 5.41 Å². The van der Waals surface area contributed by atoms with Crippen molar-refractivity contribution in [3.05, 3.63) is 283 Å². The van der Waals surface area contributed by atoms with Crippen LogP contribution >= 0.6 is 11.3 Å². The molecule has 0 bridgehead atoms. The highest BCUT2D eigenvalue weighted by atomic mass is 32.1. The second kappa shape index (κ2) is 16.2. The highest BCUT2D eigenvalue weighted by Gasteiger charge is 2.47. The number of rotatable bonds is 8. The summed E-state index contributed by atoms with van der Waals surface area (Å²) in [6.07, 6.45) is 0. The zero-order chi connectivity index (χ0) is 46.2. The van der Waals surface area contributed by atoms with Crippen LogP contribution in [0.1, 0.15) is 22.3 Å². The van der Waals surface area contributed by atoms with Crippen molar-refractivity contribution in [3.63, 3.8) is 0 Å². The average molecular weight is 910 g/mol. The van der Waals surface area contributed by atoms with E-state index in [-0.39, 0.29) is 0 Å². The standard InChI is InChI=1S/C67H43NOS/c1-3-14-50(15-4-1)67(51-16-5-2-6-17-51)59-21-10-7-20-57(59)66-60(67)22-13-23-61(66)68(53-38-32-47(33-39-53)49-34-40-55-54-18-8-11-24-62(54)69-63(55)43-49)52-36-30-45(31-37-52)44-26-28-46(29-27-44)48-35-41-65-58(42-48)56-19-9-12-25-64(56)70-65/h1-43H. The number of hydrogen-bond acceptors (Lipinski definition) is 3. The number of nitrogens with zero attached hydrogens (tertiary/aromatic N) is 1. The molecule has 13 aromatic rings. The first-order chi connectivity index (χ1) is 34.7. The largest absolute Gasteiger partial charge is 0.456 e. The normalized spacial score (nSPS) is 12.7. The number of hydrogen-bond donors (Lipinski definition) is 0. The third kappa shape index (κ3) is 6.32. The van der Waals surface area contributed by atoms with Crippen LogP contribution in [0.4, 0.5) is 17.1 Å². The summed E-state index contributed by atoms with van der Waals surface area (Å²) in [7, 11) is 0. The monoisotopic (exact) mass is 909 g/mol. The number of thiophene rings is 1. The topological polar surface area (TPSA) is 16.4 Å². The molecule has 2 aromatic heterocycles. The van der Waals surface area contributed by atoms with Gasteiger partial charge in [-0.3, -0.25) is 0 Å². The fourth-order valence-electron chi connectivity index (χ4n) is 11.4. The van der Waals surface area contributed by atoms with Gasteiger partial charge < -0.3 is 9.32 Å². The minimum atomic E-state index is -0.519. The average Bonchev–Trinajstić information content (AvgIpc) is 4.10. The second-order valence-electron chi connectivity index (χ2n) is 18.4. The van der Waals surface area contributed by atoms with Crippen LogP contribution in [-0.4, -0.2) is 0 Å². The van der Waals surface area contributed by atoms with E-state index in [2.05, 4.69) is 254 Å². The molecule has 2 heterocycles. The van der Waals surface area contributed by atoms with Gasteiger partial charge >= 0.3 is 0 Å². The molecule has 0 spiro atoms. The molecule has 0 N–H and O–H groups in total. The van der Waals surface area contributed by atoms with Gasteiger partial charge in [-0.1, -0.05) is 194 Å². The summed E-state index contributed by atoms with van der Waals surface area (Å²) in [6.45, 7) is 0. The summed E-state index contributed by atoms with van der Waals surface area (Å²) in [6, 6.07) is 95.6. The summed E-state index contributed by atoms with van der Waals surface area (Å²) < 4.78 is 8.98. The predicted octanol–water partition coefficient (Wildman–Crippen LogP) is 18.8. The van der Waals surface area contributed by atoms with E-state index in [9.17, 15) is 0 Å². The van der Waals surface area contributed by atoms with Crippen LogP contribution in [0.25, 0.3) is 86.6 Å². The van der Waals surface area contributed by atoms with Crippen molar-refractivity contribution in [1.82, 2.24) is 0 Å². The van der Waals surface area contributed by atoms with Gasteiger partial charge in [-0.05, 0) is 128 Å². The van der Waals surface area contributed by atoms with Crippen LogP contribution < -0.4 is 4.90 Å². The van der Waals surface area contributed by atoms with Crippen molar-refractivity contribution in [3.8, 4) is 44.5 Å².